The molecule has 0 amide bonds. The Bertz CT molecular complexity index is 437. The molecule has 1 atom stereocenters. The van der Waals surface area contributed by atoms with Gasteiger partial charge in [-0.05, 0) is 18.8 Å². The second-order valence-electron chi connectivity index (χ2n) is 5.87. The number of nitrogens with one attached hydrogen (secondary N) is 2. The molecule has 0 aliphatic carbocycles. The van der Waals surface area contributed by atoms with E-state index in [1.165, 1.54) is 19.3 Å². The Morgan fingerprint density at radius 2 is 2.09 bits per heavy atom. The normalized spacial score (nSPS) is 20.0. The van der Waals surface area contributed by atoms with Crippen molar-refractivity contribution in [3.05, 3.63) is 0 Å². The van der Waals surface area contributed by atoms with Gasteiger partial charge in [-0.3, -0.25) is 4.99 Å². The first-order valence-electron chi connectivity index (χ1n) is 8.45. The molecule has 0 saturated carbocycles. The van der Waals surface area contributed by atoms with Gasteiger partial charge in [0.15, 0.2) is 5.96 Å². The lowest BCUT2D eigenvalue weighted by Gasteiger charge is -2.19. The molecule has 130 valence electrons. The van der Waals surface area contributed by atoms with Gasteiger partial charge >= 0.3 is 0 Å². The van der Waals surface area contributed by atoms with Crippen LogP contribution in [-0.4, -0.2) is 57.7 Å². The predicted molar refractivity (Wildman–Crippen MR) is 92.6 cm³/mol. The summed E-state index contributed by atoms with van der Waals surface area (Å²) in [5, 5.41) is 6.55. The summed E-state index contributed by atoms with van der Waals surface area (Å²) in [6.07, 6.45) is 5.64. The van der Waals surface area contributed by atoms with Crippen molar-refractivity contribution in [1.82, 2.24) is 14.9 Å². The van der Waals surface area contributed by atoms with Gasteiger partial charge in [-0.2, -0.15) is 0 Å². The molecule has 0 bridgehead atoms. The van der Waals surface area contributed by atoms with Crippen LogP contribution in [0.3, 0.4) is 0 Å². The van der Waals surface area contributed by atoms with Crippen molar-refractivity contribution >= 4 is 16.0 Å². The SMILES string of the molecule is CCCCC(CC)CNC(=NC)NCCN1CCCS1(=O)=O. The molecule has 1 aliphatic rings. The van der Waals surface area contributed by atoms with E-state index in [-0.39, 0.29) is 5.75 Å². The number of rotatable bonds is 9. The first-order chi connectivity index (χ1) is 10.5. The van der Waals surface area contributed by atoms with Crippen LogP contribution in [0, 0.1) is 5.92 Å². The molecule has 0 aromatic carbocycles. The third-order valence-electron chi connectivity index (χ3n) is 4.18. The highest BCUT2D eigenvalue weighted by Crippen LogP contribution is 2.12. The van der Waals surface area contributed by atoms with Crippen LogP contribution < -0.4 is 10.6 Å². The number of sulfonamides is 1. The van der Waals surface area contributed by atoms with E-state index >= 15 is 0 Å². The van der Waals surface area contributed by atoms with Gasteiger partial charge in [-0.25, -0.2) is 12.7 Å². The lowest BCUT2D eigenvalue weighted by atomic mass is 9.99. The Kier molecular flexibility index (Phi) is 8.78. The first-order valence-corrected chi connectivity index (χ1v) is 10.1. The molecule has 1 fully saturated rings. The number of aliphatic imine (C=N–C) groups is 1. The van der Waals surface area contributed by atoms with E-state index in [2.05, 4.69) is 29.5 Å². The Hall–Kier alpha value is -0.820. The van der Waals surface area contributed by atoms with Gasteiger partial charge in [0.05, 0.1) is 5.75 Å². The molecule has 22 heavy (non-hydrogen) atoms. The van der Waals surface area contributed by atoms with Gasteiger partial charge in [-0.1, -0.05) is 33.1 Å². The van der Waals surface area contributed by atoms with Crippen LogP contribution in [0.2, 0.25) is 0 Å². The van der Waals surface area contributed by atoms with Gasteiger partial charge in [-0.15, -0.1) is 0 Å². The average Bonchev–Trinajstić information content (AvgIpc) is 2.84. The fraction of sp³-hybridized carbons (Fsp3) is 0.933. The molecule has 0 aromatic rings. The summed E-state index contributed by atoms with van der Waals surface area (Å²) in [4.78, 5) is 4.20. The standard InChI is InChI=1S/C15H32N4O2S/c1-4-6-8-14(5-2)13-18-15(16-3)17-9-11-19-10-7-12-22(19,20)21/h14H,4-13H2,1-3H3,(H2,16,17,18). The Balaban J connectivity index is 2.27. The molecule has 6 nitrogen and oxygen atoms in total. The average molecular weight is 333 g/mol. The number of nitrogens with zero attached hydrogens (tertiary/aromatic N) is 2. The van der Waals surface area contributed by atoms with Crippen molar-refractivity contribution in [2.75, 3.05) is 39.0 Å². The van der Waals surface area contributed by atoms with Crippen LogP contribution in [0.25, 0.3) is 0 Å². The van der Waals surface area contributed by atoms with Gasteiger partial charge in [0, 0.05) is 33.2 Å². The van der Waals surface area contributed by atoms with Crippen molar-refractivity contribution in [2.45, 2.75) is 46.0 Å². The monoisotopic (exact) mass is 332 g/mol. The minimum atomic E-state index is -3.00. The molecule has 1 heterocycles. The smallest absolute Gasteiger partial charge is 0.214 e. The maximum atomic E-state index is 11.7. The second kappa shape index (κ2) is 10.0. The highest BCUT2D eigenvalue weighted by atomic mass is 32.2. The largest absolute Gasteiger partial charge is 0.356 e. The molecule has 1 aliphatic heterocycles. The summed E-state index contributed by atoms with van der Waals surface area (Å²) in [5.41, 5.74) is 0. The van der Waals surface area contributed by atoms with Crippen molar-refractivity contribution in [2.24, 2.45) is 10.9 Å². The number of guanidine groups is 1. The minimum absolute atomic E-state index is 0.287. The van der Waals surface area contributed by atoms with E-state index < -0.39 is 10.0 Å². The molecule has 0 radical (unpaired) electrons. The van der Waals surface area contributed by atoms with Crippen molar-refractivity contribution < 1.29 is 8.42 Å². The minimum Gasteiger partial charge on any atom is -0.356 e. The molecule has 0 spiro atoms. The summed E-state index contributed by atoms with van der Waals surface area (Å²) in [6, 6.07) is 0. The van der Waals surface area contributed by atoms with E-state index in [9.17, 15) is 8.42 Å². The topological polar surface area (TPSA) is 73.8 Å². The van der Waals surface area contributed by atoms with E-state index in [0.717, 1.165) is 25.3 Å². The van der Waals surface area contributed by atoms with E-state index in [4.69, 9.17) is 0 Å². The summed E-state index contributed by atoms with van der Waals surface area (Å²) in [6.45, 7) is 7.09. The Labute approximate surface area is 135 Å². The zero-order valence-corrected chi connectivity index (χ0v) is 15.1. The van der Waals surface area contributed by atoms with Gasteiger partial charge in [0.1, 0.15) is 0 Å². The van der Waals surface area contributed by atoms with Crippen LogP contribution in [0.4, 0.5) is 0 Å². The van der Waals surface area contributed by atoms with Gasteiger partial charge in [0.25, 0.3) is 0 Å². The summed E-state index contributed by atoms with van der Waals surface area (Å²) < 4.78 is 25.0. The highest BCUT2D eigenvalue weighted by molar-refractivity contribution is 7.89. The Morgan fingerprint density at radius 1 is 1.32 bits per heavy atom. The van der Waals surface area contributed by atoms with E-state index in [0.29, 0.717) is 25.6 Å². The first kappa shape index (κ1) is 19.2. The third kappa shape index (κ3) is 6.52. The predicted octanol–water partition coefficient (Wildman–Crippen LogP) is 1.40. The molecular formula is C15H32N4O2S. The molecule has 0 aromatic heterocycles. The fourth-order valence-corrected chi connectivity index (χ4v) is 4.18. The second-order valence-corrected chi connectivity index (χ2v) is 7.95. The lowest BCUT2D eigenvalue weighted by molar-refractivity contribution is 0.436. The van der Waals surface area contributed by atoms with Crippen LogP contribution in [0.1, 0.15) is 46.0 Å². The summed E-state index contributed by atoms with van der Waals surface area (Å²) in [5.74, 6) is 1.71. The number of hydrogen-bond acceptors (Lipinski definition) is 3. The maximum Gasteiger partial charge on any atom is 0.214 e. The number of unbranched alkanes of at least 4 members (excludes halogenated alkanes) is 1. The van der Waals surface area contributed by atoms with Crippen LogP contribution in [-0.2, 0) is 10.0 Å². The van der Waals surface area contributed by atoms with Crippen LogP contribution in [0.15, 0.2) is 4.99 Å². The third-order valence-corrected chi connectivity index (χ3v) is 6.14. The zero-order chi connectivity index (χ0) is 16.4. The van der Waals surface area contributed by atoms with Crippen LogP contribution >= 0.6 is 0 Å². The van der Waals surface area contributed by atoms with Crippen molar-refractivity contribution in [1.29, 1.82) is 0 Å². The van der Waals surface area contributed by atoms with Gasteiger partial charge in [0.2, 0.25) is 10.0 Å². The molecule has 1 rings (SSSR count). The summed E-state index contributed by atoms with van der Waals surface area (Å²) in [7, 11) is -1.25. The maximum absolute atomic E-state index is 11.7. The Morgan fingerprint density at radius 3 is 2.64 bits per heavy atom. The van der Waals surface area contributed by atoms with Crippen molar-refractivity contribution in [3.63, 3.8) is 0 Å². The molecular weight excluding hydrogens is 300 g/mol. The quantitative estimate of drug-likeness (QED) is 0.494. The lowest BCUT2D eigenvalue weighted by Crippen LogP contribution is -2.43. The molecule has 1 unspecified atom stereocenters. The fourth-order valence-electron chi connectivity index (χ4n) is 2.65. The van der Waals surface area contributed by atoms with Gasteiger partial charge < -0.3 is 10.6 Å². The highest BCUT2D eigenvalue weighted by Gasteiger charge is 2.27. The van der Waals surface area contributed by atoms with Crippen molar-refractivity contribution in [3.8, 4) is 0 Å². The molecule has 2 N–H and O–H groups in total. The number of hydrogen-bond donors (Lipinski definition) is 2. The van der Waals surface area contributed by atoms with Crippen LogP contribution in [0.5, 0.6) is 0 Å². The van der Waals surface area contributed by atoms with E-state index in [1.807, 2.05) is 0 Å². The molecule has 7 heteroatoms. The molecule has 1 saturated heterocycles. The summed E-state index contributed by atoms with van der Waals surface area (Å²) >= 11 is 0. The zero-order valence-electron chi connectivity index (χ0n) is 14.3. The van der Waals surface area contributed by atoms with E-state index in [1.54, 1.807) is 11.4 Å².